The third-order valence-corrected chi connectivity index (χ3v) is 9.17. The van der Waals surface area contributed by atoms with Crippen molar-refractivity contribution in [2.24, 2.45) is 0 Å². The van der Waals surface area contributed by atoms with E-state index in [1.807, 2.05) is 0 Å². The predicted octanol–water partition coefficient (Wildman–Crippen LogP) is 10.4. The zero-order valence-electron chi connectivity index (χ0n) is 24.6. The van der Waals surface area contributed by atoms with E-state index < -0.39 is 0 Å². The summed E-state index contributed by atoms with van der Waals surface area (Å²) in [5, 5.41) is 4.80. The SMILES string of the molecule is C1=CC(c2ccccc2)Cc2c1c1c3ccccc3ccc1n2-c1nc(-c2ccccc2)c2cc(-c3ccccc3)ccc2n1. The van der Waals surface area contributed by atoms with Gasteiger partial charge in [0.05, 0.1) is 16.7 Å². The largest absolute Gasteiger partial charge is 0.282 e. The fourth-order valence-electron chi connectivity index (χ4n) is 7.01. The minimum absolute atomic E-state index is 0.274. The van der Waals surface area contributed by atoms with Gasteiger partial charge in [0.2, 0.25) is 5.95 Å². The first-order valence-electron chi connectivity index (χ1n) is 15.5. The average molecular weight is 576 g/mol. The van der Waals surface area contributed by atoms with Crippen molar-refractivity contribution in [2.75, 3.05) is 0 Å². The summed E-state index contributed by atoms with van der Waals surface area (Å²) in [6.45, 7) is 0. The molecule has 0 aliphatic heterocycles. The van der Waals surface area contributed by atoms with Crippen LogP contribution in [-0.4, -0.2) is 14.5 Å². The molecule has 0 bridgehead atoms. The van der Waals surface area contributed by atoms with E-state index in [0.29, 0.717) is 5.95 Å². The Bertz CT molecular complexity index is 2390. The summed E-state index contributed by atoms with van der Waals surface area (Å²) in [7, 11) is 0. The van der Waals surface area contributed by atoms with E-state index in [-0.39, 0.29) is 5.92 Å². The van der Waals surface area contributed by atoms with Crippen LogP contribution in [0.3, 0.4) is 0 Å². The van der Waals surface area contributed by atoms with Crippen molar-refractivity contribution in [1.82, 2.24) is 14.5 Å². The van der Waals surface area contributed by atoms with Gasteiger partial charge in [0.25, 0.3) is 0 Å². The summed E-state index contributed by atoms with van der Waals surface area (Å²) < 4.78 is 2.33. The lowest BCUT2D eigenvalue weighted by Crippen LogP contribution is -2.12. The van der Waals surface area contributed by atoms with Crippen LogP contribution in [0.1, 0.15) is 22.7 Å². The van der Waals surface area contributed by atoms with Gasteiger partial charge in [0, 0.05) is 33.5 Å². The highest BCUT2D eigenvalue weighted by Crippen LogP contribution is 2.41. The Labute approximate surface area is 261 Å². The maximum atomic E-state index is 5.41. The van der Waals surface area contributed by atoms with Gasteiger partial charge >= 0.3 is 0 Å². The molecule has 1 atom stereocenters. The van der Waals surface area contributed by atoms with Gasteiger partial charge in [-0.1, -0.05) is 140 Å². The summed E-state index contributed by atoms with van der Waals surface area (Å²) in [4.78, 5) is 10.7. The van der Waals surface area contributed by atoms with E-state index in [1.165, 1.54) is 38.5 Å². The average Bonchev–Trinajstić information content (AvgIpc) is 3.46. The minimum Gasteiger partial charge on any atom is -0.282 e. The third kappa shape index (κ3) is 4.28. The fourth-order valence-corrected chi connectivity index (χ4v) is 7.01. The first kappa shape index (κ1) is 25.7. The Morgan fingerprint density at radius 2 is 1.29 bits per heavy atom. The molecule has 2 heterocycles. The van der Waals surface area contributed by atoms with Gasteiger partial charge in [-0.2, -0.15) is 0 Å². The minimum atomic E-state index is 0.274. The molecule has 212 valence electrons. The molecular weight excluding hydrogens is 546 g/mol. The number of hydrogen-bond donors (Lipinski definition) is 0. The highest BCUT2D eigenvalue weighted by Gasteiger charge is 2.26. The Balaban J connectivity index is 1.33. The molecule has 3 heteroatoms. The molecule has 0 saturated carbocycles. The van der Waals surface area contributed by atoms with Gasteiger partial charge in [-0.05, 0) is 52.1 Å². The standard InChI is InChI=1S/C42H29N3/c1-4-12-28(13-5-1)32-21-24-37-36(26-32)41(31-17-8-3-9-18-31)44-42(43-37)45-38-25-22-30-16-10-11-19-34(30)40(38)35-23-20-33(27-39(35)45)29-14-6-2-7-15-29/h1-26,33H,27H2. The summed E-state index contributed by atoms with van der Waals surface area (Å²) >= 11 is 0. The molecule has 8 aromatic rings. The molecule has 3 nitrogen and oxygen atoms in total. The van der Waals surface area contributed by atoms with E-state index in [1.54, 1.807) is 0 Å². The molecule has 1 aliphatic carbocycles. The van der Waals surface area contributed by atoms with E-state index in [2.05, 4.69) is 162 Å². The number of rotatable bonds is 4. The van der Waals surface area contributed by atoms with Crippen LogP contribution in [0.25, 0.3) is 67.0 Å². The topological polar surface area (TPSA) is 30.7 Å². The van der Waals surface area contributed by atoms with Gasteiger partial charge in [-0.15, -0.1) is 0 Å². The maximum absolute atomic E-state index is 5.41. The molecule has 6 aromatic carbocycles. The Hall–Kier alpha value is -5.80. The third-order valence-electron chi connectivity index (χ3n) is 9.17. The van der Waals surface area contributed by atoms with Crippen molar-refractivity contribution < 1.29 is 0 Å². The highest BCUT2D eigenvalue weighted by atomic mass is 15.2. The first-order chi connectivity index (χ1) is 22.3. The first-order valence-corrected chi connectivity index (χ1v) is 15.5. The van der Waals surface area contributed by atoms with Crippen LogP contribution < -0.4 is 0 Å². The molecule has 1 aliphatic rings. The normalized spacial score (nSPS) is 14.3. The van der Waals surface area contributed by atoms with Gasteiger partial charge in [0.15, 0.2) is 0 Å². The second kappa shape index (κ2) is 10.4. The number of hydrogen-bond acceptors (Lipinski definition) is 2. The number of benzene rings is 6. The molecule has 0 amide bonds. The zero-order valence-corrected chi connectivity index (χ0v) is 24.6. The van der Waals surface area contributed by atoms with Crippen molar-refractivity contribution in [3.63, 3.8) is 0 Å². The number of allylic oxidation sites excluding steroid dienone is 1. The van der Waals surface area contributed by atoms with Crippen molar-refractivity contribution >= 4 is 38.7 Å². The maximum Gasteiger partial charge on any atom is 0.235 e. The van der Waals surface area contributed by atoms with Crippen LogP contribution in [0.2, 0.25) is 0 Å². The monoisotopic (exact) mass is 575 g/mol. The quantitative estimate of drug-likeness (QED) is 0.209. The molecule has 9 rings (SSSR count). The van der Waals surface area contributed by atoms with Crippen LogP contribution >= 0.6 is 0 Å². The number of fused-ring (bicyclic) bond motifs is 6. The summed E-state index contributed by atoms with van der Waals surface area (Å²) in [6, 6.07) is 51.5. The number of aromatic nitrogens is 3. The molecular formula is C42H29N3. The molecule has 0 saturated heterocycles. The van der Waals surface area contributed by atoms with Crippen molar-refractivity contribution in [3.8, 4) is 28.3 Å². The number of nitrogens with zero attached hydrogens (tertiary/aromatic N) is 3. The molecule has 0 fully saturated rings. The van der Waals surface area contributed by atoms with Gasteiger partial charge < -0.3 is 0 Å². The highest BCUT2D eigenvalue weighted by molar-refractivity contribution is 6.12. The van der Waals surface area contributed by atoms with E-state index >= 15 is 0 Å². The van der Waals surface area contributed by atoms with Crippen molar-refractivity contribution in [3.05, 3.63) is 168 Å². The lowest BCUT2D eigenvalue weighted by Gasteiger charge is -2.20. The van der Waals surface area contributed by atoms with Gasteiger partial charge in [-0.3, -0.25) is 4.57 Å². The van der Waals surface area contributed by atoms with E-state index in [9.17, 15) is 0 Å². The lowest BCUT2D eigenvalue weighted by atomic mass is 9.87. The predicted molar refractivity (Wildman–Crippen MR) is 187 cm³/mol. The summed E-state index contributed by atoms with van der Waals surface area (Å²) in [5.74, 6) is 0.980. The van der Waals surface area contributed by atoms with E-state index in [4.69, 9.17) is 9.97 Å². The second-order valence-electron chi connectivity index (χ2n) is 11.8. The van der Waals surface area contributed by atoms with Crippen LogP contribution in [-0.2, 0) is 6.42 Å². The second-order valence-corrected chi connectivity index (χ2v) is 11.8. The van der Waals surface area contributed by atoms with Crippen LogP contribution in [0.4, 0.5) is 0 Å². The smallest absolute Gasteiger partial charge is 0.235 e. The molecule has 0 radical (unpaired) electrons. The molecule has 1 unspecified atom stereocenters. The molecule has 2 aromatic heterocycles. The molecule has 45 heavy (non-hydrogen) atoms. The fraction of sp³-hybridized carbons (Fsp3) is 0.0476. The lowest BCUT2D eigenvalue weighted by molar-refractivity contribution is 0.770. The Kier molecular flexibility index (Phi) is 5.95. The van der Waals surface area contributed by atoms with Crippen LogP contribution in [0.5, 0.6) is 0 Å². The van der Waals surface area contributed by atoms with E-state index in [0.717, 1.165) is 39.7 Å². The van der Waals surface area contributed by atoms with Crippen molar-refractivity contribution in [1.29, 1.82) is 0 Å². The van der Waals surface area contributed by atoms with Crippen molar-refractivity contribution in [2.45, 2.75) is 12.3 Å². The van der Waals surface area contributed by atoms with Crippen LogP contribution in [0.15, 0.2) is 152 Å². The van der Waals surface area contributed by atoms with Gasteiger partial charge in [-0.25, -0.2) is 9.97 Å². The molecule has 0 N–H and O–H groups in total. The molecule has 0 spiro atoms. The summed E-state index contributed by atoms with van der Waals surface area (Å²) in [5.41, 5.74) is 10.2. The zero-order chi connectivity index (χ0) is 29.7. The summed E-state index contributed by atoms with van der Waals surface area (Å²) in [6.07, 6.45) is 5.56. The van der Waals surface area contributed by atoms with Gasteiger partial charge in [0.1, 0.15) is 0 Å². The van der Waals surface area contributed by atoms with Crippen LogP contribution in [0, 0.1) is 0 Å². The Morgan fingerprint density at radius 1 is 0.578 bits per heavy atom. The Morgan fingerprint density at radius 3 is 2.09 bits per heavy atom.